The zero-order valence-electron chi connectivity index (χ0n) is 24.0. The van der Waals surface area contributed by atoms with Gasteiger partial charge in [0.1, 0.15) is 18.1 Å². The molecular weight excluding hydrogens is 569 g/mol. The van der Waals surface area contributed by atoms with Gasteiger partial charge in [-0.2, -0.15) is 13.2 Å². The summed E-state index contributed by atoms with van der Waals surface area (Å²) in [5.74, 6) is -1.60. The number of nitrogens with one attached hydrogen (secondary N) is 2. The van der Waals surface area contributed by atoms with E-state index in [2.05, 4.69) is 15.3 Å². The molecule has 4 rings (SSSR count). The Hall–Kier alpha value is -2.87. The largest absolute Gasteiger partial charge is 0.405 e. The van der Waals surface area contributed by atoms with Crippen LogP contribution in [0.3, 0.4) is 0 Å². The first-order chi connectivity index (χ1) is 19.2. The average Bonchev–Trinajstić information content (AvgIpc) is 3.66. The Kier molecular flexibility index (Phi) is 12.0. The summed E-state index contributed by atoms with van der Waals surface area (Å²) in [4.78, 5) is 36.0. The maximum atomic E-state index is 14.1. The summed E-state index contributed by atoms with van der Waals surface area (Å²) in [6.45, 7) is 9.38. The van der Waals surface area contributed by atoms with E-state index in [1.165, 1.54) is 13.8 Å². The Balaban J connectivity index is 0.00000141. The SMILES string of the molecule is CC.CC.CC(C)(O)CNC(=O)c1nc(C(=O)N2C3CCC2CC3)c(-c2cnc(NCC(F)(F)F)cc2C(F)F)s1. The minimum Gasteiger partial charge on any atom is -0.389 e. The molecule has 2 aliphatic rings. The molecule has 0 atom stereocenters. The Morgan fingerprint density at radius 3 is 2.12 bits per heavy atom. The number of thiazole rings is 1. The molecule has 2 aliphatic heterocycles. The first kappa shape index (κ1) is 34.3. The second kappa shape index (κ2) is 14.3. The van der Waals surface area contributed by atoms with Gasteiger partial charge in [-0.15, -0.1) is 11.3 Å². The van der Waals surface area contributed by atoms with Gasteiger partial charge < -0.3 is 20.6 Å². The van der Waals surface area contributed by atoms with Gasteiger partial charge in [0.2, 0.25) is 0 Å². The van der Waals surface area contributed by atoms with Gasteiger partial charge in [0.05, 0.1) is 10.5 Å². The third kappa shape index (κ3) is 8.81. The van der Waals surface area contributed by atoms with E-state index in [4.69, 9.17) is 0 Å². The lowest BCUT2D eigenvalue weighted by Crippen LogP contribution is -2.38. The van der Waals surface area contributed by atoms with E-state index in [1.54, 1.807) is 4.90 Å². The minimum atomic E-state index is -4.58. The number of aromatic nitrogens is 2. The number of amides is 2. The van der Waals surface area contributed by atoms with E-state index in [0.29, 0.717) is 11.3 Å². The van der Waals surface area contributed by atoms with Gasteiger partial charge >= 0.3 is 6.18 Å². The molecular formula is C27H38F5N5O3S. The molecule has 8 nitrogen and oxygen atoms in total. The summed E-state index contributed by atoms with van der Waals surface area (Å²) in [5.41, 5.74) is -2.25. The predicted octanol–water partition coefficient (Wildman–Crippen LogP) is 6.44. The maximum Gasteiger partial charge on any atom is 0.405 e. The first-order valence-electron chi connectivity index (χ1n) is 13.7. The van der Waals surface area contributed by atoms with Gasteiger partial charge in [0.15, 0.2) is 5.01 Å². The lowest BCUT2D eigenvalue weighted by Gasteiger charge is -2.22. The van der Waals surface area contributed by atoms with Gasteiger partial charge in [0.25, 0.3) is 18.2 Å². The summed E-state index contributed by atoms with van der Waals surface area (Å²) in [7, 11) is 0. The third-order valence-electron chi connectivity index (χ3n) is 6.28. The monoisotopic (exact) mass is 607 g/mol. The molecule has 0 aromatic carbocycles. The summed E-state index contributed by atoms with van der Waals surface area (Å²) >= 11 is 0.710. The summed E-state index contributed by atoms with van der Waals surface area (Å²) in [5, 5.41) is 14.2. The van der Waals surface area contributed by atoms with Crippen molar-refractivity contribution in [2.24, 2.45) is 0 Å². The molecule has 0 aliphatic carbocycles. The number of fused-ring (bicyclic) bond motifs is 2. The van der Waals surface area contributed by atoms with Gasteiger partial charge in [-0.05, 0) is 45.6 Å². The fourth-order valence-corrected chi connectivity index (χ4v) is 5.62. The number of alkyl halides is 5. The highest BCUT2D eigenvalue weighted by atomic mass is 32.1. The summed E-state index contributed by atoms with van der Waals surface area (Å²) < 4.78 is 65.8. The van der Waals surface area contributed by atoms with E-state index >= 15 is 0 Å². The maximum absolute atomic E-state index is 14.1. The number of aliphatic hydroxyl groups is 1. The van der Waals surface area contributed by atoms with Crippen LogP contribution in [0.25, 0.3) is 10.4 Å². The van der Waals surface area contributed by atoms with E-state index in [-0.39, 0.29) is 39.8 Å². The number of carbonyl (C=O) groups is 2. The van der Waals surface area contributed by atoms with Crippen molar-refractivity contribution in [2.75, 3.05) is 18.4 Å². The highest BCUT2D eigenvalue weighted by Gasteiger charge is 2.44. The van der Waals surface area contributed by atoms with Crippen molar-refractivity contribution in [1.29, 1.82) is 0 Å². The second-order valence-corrected chi connectivity index (χ2v) is 10.8. The van der Waals surface area contributed by atoms with Crippen molar-refractivity contribution in [1.82, 2.24) is 20.2 Å². The minimum absolute atomic E-state index is 0.00107. The zero-order valence-corrected chi connectivity index (χ0v) is 24.8. The van der Waals surface area contributed by atoms with Crippen LogP contribution in [0.2, 0.25) is 0 Å². The molecule has 3 N–H and O–H groups in total. The molecule has 0 radical (unpaired) electrons. The van der Waals surface area contributed by atoms with Crippen LogP contribution >= 0.6 is 11.3 Å². The molecule has 2 aromatic heterocycles. The Labute approximate surface area is 240 Å². The van der Waals surface area contributed by atoms with Crippen LogP contribution in [-0.4, -0.2) is 68.7 Å². The summed E-state index contributed by atoms with van der Waals surface area (Å²) in [6.07, 6.45) is -3.46. The Morgan fingerprint density at radius 2 is 1.63 bits per heavy atom. The number of anilines is 1. The lowest BCUT2D eigenvalue weighted by atomic mass is 10.0. The highest BCUT2D eigenvalue weighted by molar-refractivity contribution is 7.17. The van der Waals surface area contributed by atoms with E-state index < -0.39 is 47.9 Å². The lowest BCUT2D eigenvalue weighted by molar-refractivity contribution is -0.115. The molecule has 2 fully saturated rings. The molecule has 230 valence electrons. The number of hydrogen-bond acceptors (Lipinski definition) is 7. The van der Waals surface area contributed by atoms with Crippen LogP contribution in [-0.2, 0) is 0 Å². The number of hydrogen-bond donors (Lipinski definition) is 3. The number of nitrogens with zero attached hydrogens (tertiary/aromatic N) is 3. The molecule has 2 amide bonds. The van der Waals surface area contributed by atoms with Gasteiger partial charge in [0, 0.05) is 36.0 Å². The number of pyridine rings is 1. The molecule has 2 aromatic rings. The molecule has 41 heavy (non-hydrogen) atoms. The van der Waals surface area contributed by atoms with Crippen molar-refractivity contribution in [2.45, 2.75) is 97.5 Å². The third-order valence-corrected chi connectivity index (χ3v) is 7.37. The van der Waals surface area contributed by atoms with Crippen molar-refractivity contribution in [3.63, 3.8) is 0 Å². The van der Waals surface area contributed by atoms with E-state index in [9.17, 15) is 36.6 Å². The molecule has 0 spiro atoms. The van der Waals surface area contributed by atoms with Gasteiger partial charge in [-0.3, -0.25) is 9.59 Å². The molecule has 4 heterocycles. The summed E-state index contributed by atoms with van der Waals surface area (Å²) in [6, 6.07) is 0.801. The smallest absolute Gasteiger partial charge is 0.389 e. The standard InChI is InChI=1S/C23H26F5N5O3S.2C2H6/c1-22(2,36)9-31-19(34)20-32-16(21(35)33-11-3-4-12(33)6-5-11)17(37-20)14-8-29-15(7-13(14)18(24)25)30-10-23(26,27)28;2*1-2/h7-8,11-12,18,36H,3-6,9-10H2,1-2H3,(H,29,30)(H,31,34);2*1-2H3. The highest BCUT2D eigenvalue weighted by Crippen LogP contribution is 2.42. The van der Waals surface area contributed by atoms with E-state index in [0.717, 1.165) is 37.9 Å². The van der Waals surface area contributed by atoms with E-state index in [1.807, 2.05) is 33.0 Å². The van der Waals surface area contributed by atoms with Crippen LogP contribution in [0.15, 0.2) is 12.3 Å². The number of carbonyl (C=O) groups excluding carboxylic acids is 2. The first-order valence-corrected chi connectivity index (χ1v) is 14.5. The number of halogens is 5. The Morgan fingerprint density at radius 1 is 1.07 bits per heavy atom. The molecule has 2 saturated heterocycles. The second-order valence-electron chi connectivity index (χ2n) is 9.79. The predicted molar refractivity (Wildman–Crippen MR) is 148 cm³/mol. The van der Waals surface area contributed by atoms with Crippen molar-refractivity contribution < 1.29 is 36.6 Å². The fraction of sp³-hybridized carbons (Fsp3) is 0.630. The quantitative estimate of drug-likeness (QED) is 0.298. The molecule has 14 heteroatoms. The molecule has 2 bridgehead atoms. The molecule has 0 unspecified atom stereocenters. The topological polar surface area (TPSA) is 107 Å². The van der Waals surface area contributed by atoms with Crippen LogP contribution in [0, 0.1) is 0 Å². The van der Waals surface area contributed by atoms with Gasteiger partial charge in [-0.25, -0.2) is 18.7 Å². The van der Waals surface area contributed by atoms with Crippen LogP contribution < -0.4 is 10.6 Å². The zero-order chi connectivity index (χ0) is 31.1. The fourth-order valence-electron chi connectivity index (χ4n) is 4.61. The van der Waals surface area contributed by atoms with Crippen LogP contribution in [0.4, 0.5) is 27.8 Å². The Bertz CT molecular complexity index is 1160. The van der Waals surface area contributed by atoms with Crippen molar-refractivity contribution >= 4 is 29.0 Å². The van der Waals surface area contributed by atoms with Crippen LogP contribution in [0.5, 0.6) is 0 Å². The molecule has 0 saturated carbocycles. The average molecular weight is 608 g/mol. The number of rotatable bonds is 8. The van der Waals surface area contributed by atoms with Crippen molar-refractivity contribution in [3.8, 4) is 10.4 Å². The van der Waals surface area contributed by atoms with Crippen LogP contribution in [0.1, 0.15) is 99.5 Å². The van der Waals surface area contributed by atoms with Crippen molar-refractivity contribution in [3.05, 3.63) is 28.5 Å². The normalized spacial score (nSPS) is 17.9. The van der Waals surface area contributed by atoms with Gasteiger partial charge in [-0.1, -0.05) is 27.7 Å².